The molecule has 0 bridgehead atoms. The van der Waals surface area contributed by atoms with Crippen LogP contribution in [-0.4, -0.2) is 44.3 Å². The van der Waals surface area contributed by atoms with Crippen LogP contribution in [0.25, 0.3) is 0 Å². The summed E-state index contributed by atoms with van der Waals surface area (Å²) < 4.78 is 27.1. The molecule has 1 aliphatic rings. The SMILES string of the molecule is CCCN(C1CCNC1)S(=O)(=O)c1ccc(C(N)=O)cc1.Cl. The van der Waals surface area contributed by atoms with Gasteiger partial charge in [-0.2, -0.15) is 4.31 Å². The third-order valence-electron chi connectivity index (χ3n) is 3.63. The Kier molecular flexibility index (Phi) is 6.80. The van der Waals surface area contributed by atoms with Gasteiger partial charge in [-0.3, -0.25) is 4.79 Å². The number of sulfonamides is 1. The van der Waals surface area contributed by atoms with Crippen molar-refractivity contribution in [1.82, 2.24) is 9.62 Å². The van der Waals surface area contributed by atoms with Crippen LogP contribution in [0.4, 0.5) is 0 Å². The zero-order valence-corrected chi connectivity index (χ0v) is 14.1. The molecule has 1 aliphatic heterocycles. The molecule has 1 heterocycles. The number of hydrogen-bond donors (Lipinski definition) is 2. The van der Waals surface area contributed by atoms with Gasteiger partial charge >= 0.3 is 0 Å². The van der Waals surface area contributed by atoms with E-state index in [4.69, 9.17) is 5.73 Å². The number of carbonyl (C=O) groups excluding carboxylic acids is 1. The molecule has 1 saturated heterocycles. The first kappa shape index (κ1) is 18.9. The first-order chi connectivity index (χ1) is 9.96. The molecule has 8 heteroatoms. The fourth-order valence-corrected chi connectivity index (χ4v) is 4.28. The average Bonchev–Trinajstić information content (AvgIpc) is 2.98. The molecule has 3 N–H and O–H groups in total. The number of nitrogens with one attached hydrogen (secondary N) is 1. The van der Waals surface area contributed by atoms with E-state index in [1.54, 1.807) is 4.31 Å². The van der Waals surface area contributed by atoms with Crippen molar-refractivity contribution in [3.63, 3.8) is 0 Å². The molecule has 0 aliphatic carbocycles. The van der Waals surface area contributed by atoms with Gasteiger partial charge in [-0.1, -0.05) is 6.92 Å². The number of rotatable bonds is 6. The van der Waals surface area contributed by atoms with E-state index in [1.165, 1.54) is 24.3 Å². The van der Waals surface area contributed by atoms with Crippen molar-refractivity contribution < 1.29 is 13.2 Å². The van der Waals surface area contributed by atoms with E-state index in [-0.39, 0.29) is 23.3 Å². The number of amides is 1. The van der Waals surface area contributed by atoms with E-state index < -0.39 is 15.9 Å². The molecule has 0 saturated carbocycles. The van der Waals surface area contributed by atoms with E-state index in [9.17, 15) is 13.2 Å². The van der Waals surface area contributed by atoms with Gasteiger partial charge in [0.15, 0.2) is 0 Å². The molecule has 1 aromatic carbocycles. The number of carbonyl (C=O) groups is 1. The second-order valence-electron chi connectivity index (χ2n) is 5.15. The Labute approximate surface area is 137 Å². The summed E-state index contributed by atoms with van der Waals surface area (Å²) in [7, 11) is -3.55. The third-order valence-corrected chi connectivity index (χ3v) is 5.60. The standard InChI is InChI=1S/C14H21N3O3S.ClH/c1-2-9-17(12-7-8-16-10-12)21(19,20)13-5-3-11(4-6-13)14(15)18;/h3-6,12,16H,2,7-10H2,1H3,(H2,15,18);1H. The van der Waals surface area contributed by atoms with E-state index >= 15 is 0 Å². The zero-order chi connectivity index (χ0) is 15.5. The normalized spacial score (nSPS) is 18.2. The van der Waals surface area contributed by atoms with E-state index in [0.29, 0.717) is 18.7 Å². The van der Waals surface area contributed by atoms with Crippen molar-refractivity contribution in [2.24, 2.45) is 5.73 Å². The summed E-state index contributed by atoms with van der Waals surface area (Å²) in [5.41, 5.74) is 5.48. The van der Waals surface area contributed by atoms with Gasteiger partial charge < -0.3 is 11.1 Å². The van der Waals surface area contributed by atoms with Crippen LogP contribution >= 0.6 is 12.4 Å². The summed E-state index contributed by atoms with van der Waals surface area (Å²) in [6.45, 7) is 3.97. The van der Waals surface area contributed by atoms with Crippen LogP contribution < -0.4 is 11.1 Å². The van der Waals surface area contributed by atoms with E-state index in [0.717, 1.165) is 19.4 Å². The zero-order valence-electron chi connectivity index (χ0n) is 12.5. The minimum absolute atomic E-state index is 0. The number of hydrogen-bond acceptors (Lipinski definition) is 4. The quantitative estimate of drug-likeness (QED) is 0.802. The second-order valence-corrected chi connectivity index (χ2v) is 7.04. The van der Waals surface area contributed by atoms with Crippen molar-refractivity contribution in [3.05, 3.63) is 29.8 Å². The monoisotopic (exact) mass is 347 g/mol. The number of halogens is 1. The van der Waals surface area contributed by atoms with Crippen molar-refractivity contribution in [2.75, 3.05) is 19.6 Å². The number of benzene rings is 1. The molecule has 124 valence electrons. The molecule has 1 fully saturated rings. The van der Waals surface area contributed by atoms with Gasteiger partial charge in [0.25, 0.3) is 0 Å². The largest absolute Gasteiger partial charge is 0.366 e. The Morgan fingerprint density at radius 3 is 2.45 bits per heavy atom. The van der Waals surface area contributed by atoms with Gasteiger partial charge in [-0.05, 0) is 43.7 Å². The van der Waals surface area contributed by atoms with Crippen LogP contribution in [-0.2, 0) is 10.0 Å². The highest BCUT2D eigenvalue weighted by molar-refractivity contribution is 7.89. The summed E-state index contributed by atoms with van der Waals surface area (Å²) in [5, 5.41) is 3.19. The third kappa shape index (κ3) is 3.98. The molecule has 0 radical (unpaired) electrons. The van der Waals surface area contributed by atoms with E-state index in [1.807, 2.05) is 6.92 Å². The lowest BCUT2D eigenvalue weighted by Crippen LogP contribution is -2.42. The van der Waals surface area contributed by atoms with Crippen molar-refractivity contribution in [3.8, 4) is 0 Å². The number of primary amides is 1. The summed E-state index contributed by atoms with van der Waals surface area (Å²) >= 11 is 0. The Bertz CT molecular complexity index is 598. The molecule has 1 aromatic rings. The van der Waals surface area contributed by atoms with Crippen LogP contribution in [0.15, 0.2) is 29.2 Å². The molecule has 1 amide bonds. The maximum absolute atomic E-state index is 12.8. The van der Waals surface area contributed by atoms with Gasteiger partial charge in [0.2, 0.25) is 15.9 Å². The molecule has 0 spiro atoms. The Balaban J connectivity index is 0.00000242. The molecule has 2 rings (SSSR count). The summed E-state index contributed by atoms with van der Waals surface area (Å²) in [6, 6.07) is 5.78. The Hall–Kier alpha value is -1.15. The topological polar surface area (TPSA) is 92.5 Å². The molecule has 1 unspecified atom stereocenters. The van der Waals surface area contributed by atoms with Crippen LogP contribution in [0, 0.1) is 0 Å². The van der Waals surface area contributed by atoms with Gasteiger partial charge in [0.05, 0.1) is 4.90 Å². The van der Waals surface area contributed by atoms with Gasteiger partial charge in [-0.25, -0.2) is 8.42 Å². The second kappa shape index (κ2) is 7.92. The summed E-state index contributed by atoms with van der Waals surface area (Å²) in [6.07, 6.45) is 1.58. The van der Waals surface area contributed by atoms with Crippen LogP contribution in [0.1, 0.15) is 30.1 Å². The number of nitrogens with two attached hydrogens (primary N) is 1. The van der Waals surface area contributed by atoms with Crippen LogP contribution in [0.5, 0.6) is 0 Å². The highest BCUT2D eigenvalue weighted by atomic mass is 35.5. The lowest BCUT2D eigenvalue weighted by atomic mass is 10.2. The van der Waals surface area contributed by atoms with Crippen molar-refractivity contribution in [1.29, 1.82) is 0 Å². The maximum atomic E-state index is 12.8. The van der Waals surface area contributed by atoms with Crippen LogP contribution in [0.3, 0.4) is 0 Å². The van der Waals surface area contributed by atoms with Crippen LogP contribution in [0.2, 0.25) is 0 Å². The minimum atomic E-state index is -3.55. The predicted octanol–water partition coefficient (Wildman–Crippen LogP) is 0.970. The highest BCUT2D eigenvalue weighted by Crippen LogP contribution is 2.22. The predicted molar refractivity (Wildman–Crippen MR) is 87.7 cm³/mol. The first-order valence-electron chi connectivity index (χ1n) is 7.09. The first-order valence-corrected chi connectivity index (χ1v) is 8.53. The Morgan fingerprint density at radius 1 is 1.36 bits per heavy atom. The fourth-order valence-electron chi connectivity index (χ4n) is 2.53. The van der Waals surface area contributed by atoms with Gasteiger partial charge in [-0.15, -0.1) is 12.4 Å². The average molecular weight is 348 g/mol. The van der Waals surface area contributed by atoms with Gasteiger partial charge in [0.1, 0.15) is 0 Å². The number of nitrogens with zero attached hydrogens (tertiary/aromatic N) is 1. The molecule has 22 heavy (non-hydrogen) atoms. The molecule has 1 atom stereocenters. The Morgan fingerprint density at radius 2 is 2.00 bits per heavy atom. The summed E-state index contributed by atoms with van der Waals surface area (Å²) in [4.78, 5) is 11.3. The van der Waals surface area contributed by atoms with E-state index in [2.05, 4.69) is 5.32 Å². The highest BCUT2D eigenvalue weighted by Gasteiger charge is 2.32. The fraction of sp³-hybridized carbons (Fsp3) is 0.500. The smallest absolute Gasteiger partial charge is 0.248 e. The maximum Gasteiger partial charge on any atom is 0.248 e. The van der Waals surface area contributed by atoms with Gasteiger partial charge in [0, 0.05) is 24.7 Å². The lowest BCUT2D eigenvalue weighted by Gasteiger charge is -2.27. The molecule has 0 aromatic heterocycles. The molecular formula is C14H22ClN3O3S. The minimum Gasteiger partial charge on any atom is -0.366 e. The molecular weight excluding hydrogens is 326 g/mol. The lowest BCUT2D eigenvalue weighted by molar-refractivity contribution is 0.1000. The summed E-state index contributed by atoms with van der Waals surface area (Å²) in [5.74, 6) is -0.565. The van der Waals surface area contributed by atoms with Crippen molar-refractivity contribution in [2.45, 2.75) is 30.7 Å². The van der Waals surface area contributed by atoms with Crippen molar-refractivity contribution >= 4 is 28.3 Å². The molecule has 6 nitrogen and oxygen atoms in total.